The first-order valence-electron chi connectivity index (χ1n) is 11.8. The maximum Gasteiger partial charge on any atom is 0.253 e. The highest BCUT2D eigenvalue weighted by molar-refractivity contribution is 5.94. The molecule has 4 aromatic rings. The van der Waals surface area contributed by atoms with E-state index in [-0.39, 0.29) is 31.2 Å². The second-order valence-corrected chi connectivity index (χ2v) is 9.23. The normalized spacial score (nSPS) is 19.0. The highest BCUT2D eigenvalue weighted by Gasteiger charge is 2.34. The number of nitrogens with one attached hydrogen (secondary N) is 1. The third-order valence-electron chi connectivity index (χ3n) is 6.50. The van der Waals surface area contributed by atoms with Crippen LogP contribution in [0, 0.1) is 0 Å². The van der Waals surface area contributed by atoms with Crippen molar-refractivity contribution in [3.05, 3.63) is 71.4 Å². The maximum absolute atomic E-state index is 14.8. The standard InChI is InChI=1S/C26H24FN7O2/c1-26(27)15-36-14-23-18(26)8-16(10-29-23)25(35)31-11-17-9-20-21(12-28-17)30-13-22(32-20)19-4-2-5-24(33-19)34-6-3-7-34/h2,4-5,8-10,12-13H,3,6-7,11,14-15H2,1H3,(H,31,35)/t26-/m1/s1. The first-order valence-corrected chi connectivity index (χ1v) is 11.8. The molecule has 2 aliphatic rings. The lowest BCUT2D eigenvalue weighted by atomic mass is 9.94. The quantitative estimate of drug-likeness (QED) is 0.459. The number of amides is 1. The van der Waals surface area contributed by atoms with Crippen molar-refractivity contribution in [1.29, 1.82) is 0 Å². The molecule has 1 N–H and O–H groups in total. The summed E-state index contributed by atoms with van der Waals surface area (Å²) in [5, 5.41) is 2.83. The summed E-state index contributed by atoms with van der Waals surface area (Å²) in [5.41, 5.74) is 2.86. The average molecular weight is 486 g/mol. The topological polar surface area (TPSA) is 106 Å². The van der Waals surface area contributed by atoms with Gasteiger partial charge in [-0.1, -0.05) is 6.07 Å². The summed E-state index contributed by atoms with van der Waals surface area (Å²) in [6.45, 7) is 3.82. The molecule has 36 heavy (non-hydrogen) atoms. The van der Waals surface area contributed by atoms with Crippen LogP contribution in [0.15, 0.2) is 48.9 Å². The third-order valence-corrected chi connectivity index (χ3v) is 6.50. The molecule has 0 saturated carbocycles. The number of hydrogen-bond acceptors (Lipinski definition) is 8. The number of alkyl halides is 1. The molecule has 0 bridgehead atoms. The lowest BCUT2D eigenvalue weighted by Crippen LogP contribution is -2.37. The summed E-state index contributed by atoms with van der Waals surface area (Å²) in [5.74, 6) is 0.581. The third kappa shape index (κ3) is 4.24. The molecular formula is C26H24FN7O2. The van der Waals surface area contributed by atoms with E-state index in [1.54, 1.807) is 24.5 Å². The van der Waals surface area contributed by atoms with Crippen LogP contribution in [-0.4, -0.2) is 50.5 Å². The van der Waals surface area contributed by atoms with Crippen molar-refractivity contribution >= 4 is 22.8 Å². The van der Waals surface area contributed by atoms with Crippen LogP contribution in [0.5, 0.6) is 0 Å². The molecule has 4 aromatic heterocycles. The van der Waals surface area contributed by atoms with Crippen molar-refractivity contribution in [3.8, 4) is 11.4 Å². The molecule has 0 unspecified atom stereocenters. The van der Waals surface area contributed by atoms with E-state index in [0.29, 0.717) is 33.7 Å². The largest absolute Gasteiger partial charge is 0.371 e. The Kier molecular flexibility index (Phi) is 5.52. The summed E-state index contributed by atoms with van der Waals surface area (Å²) in [4.78, 5) is 37.6. The lowest BCUT2D eigenvalue weighted by molar-refractivity contribution is -0.00692. The Morgan fingerprint density at radius 3 is 2.81 bits per heavy atom. The van der Waals surface area contributed by atoms with E-state index in [4.69, 9.17) is 14.7 Å². The highest BCUT2D eigenvalue weighted by Crippen LogP contribution is 2.33. The number of rotatable bonds is 5. The van der Waals surface area contributed by atoms with Crippen molar-refractivity contribution in [3.63, 3.8) is 0 Å². The van der Waals surface area contributed by atoms with Gasteiger partial charge in [0.1, 0.15) is 17.0 Å². The van der Waals surface area contributed by atoms with Crippen LogP contribution < -0.4 is 10.2 Å². The Bertz CT molecular complexity index is 1470. The van der Waals surface area contributed by atoms with Crippen molar-refractivity contribution in [2.24, 2.45) is 0 Å². The summed E-state index contributed by atoms with van der Waals surface area (Å²) in [7, 11) is 0. The van der Waals surface area contributed by atoms with Crippen LogP contribution in [0.25, 0.3) is 22.4 Å². The maximum atomic E-state index is 14.8. The first-order chi connectivity index (χ1) is 17.5. The van der Waals surface area contributed by atoms with Gasteiger partial charge in [-0.3, -0.25) is 19.7 Å². The molecule has 1 atom stereocenters. The lowest BCUT2D eigenvalue weighted by Gasteiger charge is -2.32. The summed E-state index contributed by atoms with van der Waals surface area (Å²) < 4.78 is 20.1. The molecular weight excluding hydrogens is 461 g/mol. The van der Waals surface area contributed by atoms with E-state index < -0.39 is 5.67 Å². The Labute approximate surface area is 206 Å². The molecule has 9 nitrogen and oxygen atoms in total. The van der Waals surface area contributed by atoms with Gasteiger partial charge in [-0.25, -0.2) is 14.4 Å². The number of carbonyl (C=O) groups excluding carboxylic acids is 1. The molecule has 182 valence electrons. The molecule has 1 saturated heterocycles. The predicted molar refractivity (Wildman–Crippen MR) is 131 cm³/mol. The van der Waals surface area contributed by atoms with Crippen LogP contribution in [0.2, 0.25) is 0 Å². The monoisotopic (exact) mass is 485 g/mol. The zero-order chi connectivity index (χ0) is 24.7. The Balaban J connectivity index is 1.20. The molecule has 0 aliphatic carbocycles. The smallest absolute Gasteiger partial charge is 0.253 e. The number of halogens is 1. The van der Waals surface area contributed by atoms with Gasteiger partial charge in [-0.15, -0.1) is 0 Å². The predicted octanol–water partition coefficient (Wildman–Crippen LogP) is 3.34. The molecule has 6 rings (SSSR count). The molecule has 2 aliphatic heterocycles. The minimum atomic E-state index is -1.68. The van der Waals surface area contributed by atoms with Crippen molar-refractivity contribution < 1.29 is 13.9 Å². The fourth-order valence-corrected chi connectivity index (χ4v) is 4.34. The molecule has 6 heterocycles. The number of hydrogen-bond donors (Lipinski definition) is 1. The van der Waals surface area contributed by atoms with Gasteiger partial charge in [0.15, 0.2) is 5.67 Å². The number of carbonyl (C=O) groups is 1. The van der Waals surface area contributed by atoms with Gasteiger partial charge in [-0.05, 0) is 37.6 Å². The molecule has 10 heteroatoms. The molecule has 0 spiro atoms. The van der Waals surface area contributed by atoms with Gasteiger partial charge in [-0.2, -0.15) is 0 Å². The number of aromatic nitrogens is 5. The summed E-state index contributed by atoms with van der Waals surface area (Å²) in [6.07, 6.45) is 5.94. The van der Waals surface area contributed by atoms with Crippen molar-refractivity contribution in [2.75, 3.05) is 24.6 Å². The van der Waals surface area contributed by atoms with E-state index in [1.807, 2.05) is 18.2 Å². The molecule has 1 fully saturated rings. The fourth-order valence-electron chi connectivity index (χ4n) is 4.34. The van der Waals surface area contributed by atoms with E-state index in [1.165, 1.54) is 19.5 Å². The highest BCUT2D eigenvalue weighted by atomic mass is 19.1. The van der Waals surface area contributed by atoms with Crippen LogP contribution in [-0.2, 0) is 23.6 Å². The van der Waals surface area contributed by atoms with Crippen molar-refractivity contribution in [2.45, 2.75) is 32.2 Å². The van der Waals surface area contributed by atoms with Gasteiger partial charge >= 0.3 is 0 Å². The zero-order valence-electron chi connectivity index (χ0n) is 19.7. The van der Waals surface area contributed by atoms with Crippen LogP contribution in [0.4, 0.5) is 10.2 Å². The summed E-state index contributed by atoms with van der Waals surface area (Å²) >= 11 is 0. The molecule has 0 aromatic carbocycles. The Morgan fingerprint density at radius 2 is 1.97 bits per heavy atom. The number of ether oxygens (including phenoxy) is 1. The fraction of sp³-hybridized carbons (Fsp3) is 0.308. The van der Waals surface area contributed by atoms with E-state index >= 15 is 0 Å². The van der Waals surface area contributed by atoms with Crippen LogP contribution in [0.1, 0.15) is 40.7 Å². The van der Waals surface area contributed by atoms with Gasteiger partial charge in [0, 0.05) is 24.8 Å². The number of pyridine rings is 3. The second kappa shape index (κ2) is 8.87. The van der Waals surface area contributed by atoms with Gasteiger partial charge < -0.3 is 15.0 Å². The van der Waals surface area contributed by atoms with Crippen molar-refractivity contribution in [1.82, 2.24) is 30.2 Å². The molecule has 1 amide bonds. The van der Waals surface area contributed by atoms with E-state index in [2.05, 4.69) is 25.2 Å². The zero-order valence-corrected chi connectivity index (χ0v) is 19.7. The van der Waals surface area contributed by atoms with E-state index in [9.17, 15) is 9.18 Å². The van der Waals surface area contributed by atoms with Gasteiger partial charge in [0.2, 0.25) is 0 Å². The van der Waals surface area contributed by atoms with Gasteiger partial charge in [0.25, 0.3) is 5.91 Å². The minimum Gasteiger partial charge on any atom is -0.371 e. The van der Waals surface area contributed by atoms with Crippen LogP contribution in [0.3, 0.4) is 0 Å². The Morgan fingerprint density at radius 1 is 1.08 bits per heavy atom. The second-order valence-electron chi connectivity index (χ2n) is 9.23. The SMILES string of the molecule is C[C@@]1(F)COCc2ncc(C(=O)NCc3cc4nc(-c5cccc(N6CCC6)n5)cnc4cn3)cc21. The average Bonchev–Trinajstić information content (AvgIpc) is 2.86. The number of nitrogens with zero attached hydrogens (tertiary/aromatic N) is 6. The molecule has 0 radical (unpaired) electrons. The minimum absolute atomic E-state index is 0.0607. The number of anilines is 1. The first kappa shape index (κ1) is 22.4. The van der Waals surface area contributed by atoms with E-state index in [0.717, 1.165) is 24.6 Å². The summed E-state index contributed by atoms with van der Waals surface area (Å²) in [6, 6.07) is 9.24. The number of fused-ring (bicyclic) bond motifs is 2. The Hall–Kier alpha value is -4.05. The van der Waals surface area contributed by atoms with Crippen LogP contribution >= 0.6 is 0 Å². The van der Waals surface area contributed by atoms with Gasteiger partial charge in [0.05, 0.1) is 60.3 Å².